The summed E-state index contributed by atoms with van der Waals surface area (Å²) in [5.74, 6) is -0.403. The highest BCUT2D eigenvalue weighted by atomic mass is 16.5. The number of carbonyl (C=O) groups is 2. The second kappa shape index (κ2) is 10.5. The first-order chi connectivity index (χ1) is 15.6. The number of hydrogen-bond donors (Lipinski definition) is 2. The van der Waals surface area contributed by atoms with Crippen LogP contribution in [0.15, 0.2) is 35.5 Å². The number of ether oxygens (including phenoxy) is 1. The van der Waals surface area contributed by atoms with Gasteiger partial charge in [0.25, 0.3) is 0 Å². The molecule has 1 aromatic rings. The summed E-state index contributed by atoms with van der Waals surface area (Å²) in [7, 11) is 1.39. The van der Waals surface area contributed by atoms with Gasteiger partial charge in [0.15, 0.2) is 0 Å². The first-order valence-electron chi connectivity index (χ1n) is 12.0. The van der Waals surface area contributed by atoms with Crippen molar-refractivity contribution in [2.45, 2.75) is 57.5 Å². The van der Waals surface area contributed by atoms with E-state index in [-0.39, 0.29) is 6.03 Å². The lowest BCUT2D eigenvalue weighted by Gasteiger charge is -2.41. The minimum atomic E-state index is -0.511. The van der Waals surface area contributed by atoms with Crippen LogP contribution in [-0.2, 0) is 16.0 Å². The van der Waals surface area contributed by atoms with Gasteiger partial charge in [0, 0.05) is 31.4 Å². The van der Waals surface area contributed by atoms with Gasteiger partial charge >= 0.3 is 12.0 Å². The summed E-state index contributed by atoms with van der Waals surface area (Å²) in [6.45, 7) is 7.05. The molecule has 3 heterocycles. The van der Waals surface area contributed by atoms with Crippen LogP contribution >= 0.6 is 0 Å². The molecule has 7 heteroatoms. The molecule has 3 aliphatic rings. The Kier molecular flexibility index (Phi) is 7.48. The Morgan fingerprint density at radius 3 is 2.38 bits per heavy atom. The normalized spacial score (nSPS) is 23.6. The average molecular weight is 441 g/mol. The molecule has 0 radical (unpaired) electrons. The Labute approximate surface area is 191 Å². The van der Waals surface area contributed by atoms with Crippen molar-refractivity contribution in [3.63, 3.8) is 0 Å². The van der Waals surface area contributed by atoms with Crippen LogP contribution in [0.5, 0.6) is 0 Å². The molecule has 2 saturated heterocycles. The maximum Gasteiger partial charge on any atom is 0.338 e. The topological polar surface area (TPSA) is 73.9 Å². The number of amides is 2. The molecule has 3 aliphatic heterocycles. The van der Waals surface area contributed by atoms with Gasteiger partial charge in [0.1, 0.15) is 0 Å². The molecule has 0 bridgehead atoms. The van der Waals surface area contributed by atoms with Crippen molar-refractivity contribution in [1.82, 2.24) is 20.4 Å². The zero-order valence-electron chi connectivity index (χ0n) is 19.4. The molecular weight excluding hydrogens is 404 g/mol. The molecule has 2 fully saturated rings. The first kappa shape index (κ1) is 22.8. The molecule has 1 atom stereocenters. The maximum absolute atomic E-state index is 12.8. The Hall–Kier alpha value is -2.38. The van der Waals surface area contributed by atoms with E-state index in [0.29, 0.717) is 23.9 Å². The quantitative estimate of drug-likeness (QED) is 0.666. The number of esters is 1. The van der Waals surface area contributed by atoms with Crippen molar-refractivity contribution in [1.29, 1.82) is 0 Å². The molecule has 0 saturated carbocycles. The second-order valence-corrected chi connectivity index (χ2v) is 9.11. The molecule has 2 N–H and O–H groups in total. The Morgan fingerprint density at radius 2 is 1.75 bits per heavy atom. The maximum atomic E-state index is 12.8. The van der Waals surface area contributed by atoms with Gasteiger partial charge in [0.05, 0.1) is 18.7 Å². The van der Waals surface area contributed by atoms with Crippen molar-refractivity contribution in [3.05, 3.63) is 46.7 Å². The fourth-order valence-corrected chi connectivity index (χ4v) is 5.24. The lowest BCUT2D eigenvalue weighted by atomic mass is 9.93. The number of methoxy groups -OCH3 is 1. The van der Waals surface area contributed by atoms with E-state index in [0.717, 1.165) is 37.9 Å². The SMILES string of the molecule is CCc1ccc([C@@H]2NC(=O)NC(CN3CCC(N4CCCCC4)CC3)=C2C(=O)OC)cc1. The van der Waals surface area contributed by atoms with E-state index in [9.17, 15) is 9.59 Å². The van der Waals surface area contributed by atoms with Crippen LogP contribution in [0.1, 0.15) is 56.2 Å². The lowest BCUT2D eigenvalue weighted by molar-refractivity contribution is -0.136. The van der Waals surface area contributed by atoms with Crippen molar-refractivity contribution in [2.75, 3.05) is 39.8 Å². The highest BCUT2D eigenvalue weighted by molar-refractivity contribution is 5.95. The van der Waals surface area contributed by atoms with Crippen LogP contribution in [0.25, 0.3) is 0 Å². The minimum absolute atomic E-state index is 0.277. The number of aryl methyl sites for hydroxylation is 1. The van der Waals surface area contributed by atoms with Crippen LogP contribution in [0, 0.1) is 0 Å². The van der Waals surface area contributed by atoms with E-state index in [1.165, 1.54) is 45.0 Å². The molecule has 174 valence electrons. The van der Waals surface area contributed by atoms with E-state index in [1.807, 2.05) is 24.3 Å². The molecule has 0 unspecified atom stereocenters. The molecule has 0 aliphatic carbocycles. The van der Waals surface area contributed by atoms with Crippen molar-refractivity contribution in [3.8, 4) is 0 Å². The number of likely N-dealkylation sites (tertiary alicyclic amines) is 2. The predicted molar refractivity (Wildman–Crippen MR) is 124 cm³/mol. The number of piperidine rings is 2. The summed E-state index contributed by atoms with van der Waals surface area (Å²) in [5.41, 5.74) is 3.25. The molecule has 4 rings (SSSR count). The highest BCUT2D eigenvalue weighted by Gasteiger charge is 2.35. The van der Waals surface area contributed by atoms with Gasteiger partial charge in [0.2, 0.25) is 0 Å². The molecular formula is C25H36N4O3. The molecule has 7 nitrogen and oxygen atoms in total. The third-order valence-corrected chi connectivity index (χ3v) is 7.13. The summed E-state index contributed by atoms with van der Waals surface area (Å²) < 4.78 is 5.12. The van der Waals surface area contributed by atoms with Crippen LogP contribution < -0.4 is 10.6 Å². The van der Waals surface area contributed by atoms with E-state index in [1.54, 1.807) is 0 Å². The van der Waals surface area contributed by atoms with E-state index < -0.39 is 12.0 Å². The number of benzene rings is 1. The minimum Gasteiger partial charge on any atom is -0.466 e. The zero-order chi connectivity index (χ0) is 22.5. The Bertz CT molecular complexity index is 837. The summed E-state index contributed by atoms with van der Waals surface area (Å²) >= 11 is 0. The lowest BCUT2D eigenvalue weighted by Crippen LogP contribution is -2.51. The summed E-state index contributed by atoms with van der Waals surface area (Å²) in [5, 5.41) is 5.82. The van der Waals surface area contributed by atoms with Gasteiger partial charge in [-0.1, -0.05) is 37.6 Å². The van der Waals surface area contributed by atoms with Gasteiger partial charge in [-0.3, -0.25) is 4.90 Å². The van der Waals surface area contributed by atoms with Crippen LogP contribution in [0.4, 0.5) is 4.79 Å². The van der Waals surface area contributed by atoms with Crippen molar-refractivity contribution in [2.24, 2.45) is 0 Å². The molecule has 1 aromatic carbocycles. The van der Waals surface area contributed by atoms with E-state index >= 15 is 0 Å². The van der Waals surface area contributed by atoms with Crippen LogP contribution in [-0.4, -0.2) is 67.7 Å². The number of nitrogens with zero attached hydrogens (tertiary/aromatic N) is 2. The molecule has 2 amide bonds. The van der Waals surface area contributed by atoms with Gasteiger partial charge in [-0.05, 0) is 56.3 Å². The van der Waals surface area contributed by atoms with Gasteiger partial charge in [-0.25, -0.2) is 9.59 Å². The predicted octanol–water partition coefficient (Wildman–Crippen LogP) is 2.98. The second-order valence-electron chi connectivity index (χ2n) is 9.11. The monoisotopic (exact) mass is 440 g/mol. The van der Waals surface area contributed by atoms with Crippen molar-refractivity contribution < 1.29 is 14.3 Å². The summed E-state index contributed by atoms with van der Waals surface area (Å²) in [6, 6.07) is 7.93. The third-order valence-electron chi connectivity index (χ3n) is 7.13. The molecule has 0 spiro atoms. The molecule has 32 heavy (non-hydrogen) atoms. The van der Waals surface area contributed by atoms with E-state index in [2.05, 4.69) is 27.4 Å². The van der Waals surface area contributed by atoms with Gasteiger partial charge in [-0.2, -0.15) is 0 Å². The molecule has 0 aromatic heterocycles. The fourth-order valence-electron chi connectivity index (χ4n) is 5.24. The number of hydrogen-bond acceptors (Lipinski definition) is 5. The first-order valence-corrected chi connectivity index (χ1v) is 12.0. The number of nitrogens with one attached hydrogen (secondary N) is 2. The van der Waals surface area contributed by atoms with Crippen LogP contribution in [0.3, 0.4) is 0 Å². The van der Waals surface area contributed by atoms with E-state index in [4.69, 9.17) is 4.74 Å². The van der Waals surface area contributed by atoms with Crippen molar-refractivity contribution >= 4 is 12.0 Å². The standard InChI is InChI=1S/C25H36N4O3/c1-3-18-7-9-19(10-8-18)23-22(24(30)32-2)21(26-25(31)27-23)17-28-15-11-20(12-16-28)29-13-5-4-6-14-29/h7-10,20,23H,3-6,11-17H2,1-2H3,(H2,26,27,31)/t23-/m0/s1. The number of urea groups is 1. The fraction of sp³-hybridized carbons (Fsp3) is 0.600. The number of carbonyl (C=O) groups excluding carboxylic acids is 2. The third kappa shape index (κ3) is 5.15. The zero-order valence-corrected chi connectivity index (χ0v) is 19.4. The summed E-state index contributed by atoms with van der Waals surface area (Å²) in [4.78, 5) is 30.3. The number of rotatable bonds is 6. The summed E-state index contributed by atoms with van der Waals surface area (Å²) in [6.07, 6.45) is 7.20. The largest absolute Gasteiger partial charge is 0.466 e. The van der Waals surface area contributed by atoms with Crippen LogP contribution in [0.2, 0.25) is 0 Å². The Balaban J connectivity index is 1.50. The Morgan fingerprint density at radius 1 is 1.06 bits per heavy atom. The van der Waals surface area contributed by atoms with Gasteiger partial charge < -0.3 is 20.3 Å². The van der Waals surface area contributed by atoms with Gasteiger partial charge in [-0.15, -0.1) is 0 Å². The highest BCUT2D eigenvalue weighted by Crippen LogP contribution is 2.29. The smallest absolute Gasteiger partial charge is 0.338 e. The average Bonchev–Trinajstić information content (AvgIpc) is 2.84.